The van der Waals surface area contributed by atoms with Crippen molar-refractivity contribution in [1.29, 1.82) is 0 Å². The smallest absolute Gasteiger partial charge is 0.136 e. The lowest BCUT2D eigenvalue weighted by Crippen LogP contribution is -2.10. The Balaban J connectivity index is 2.21. The third kappa shape index (κ3) is 3.89. The predicted octanol–water partition coefficient (Wildman–Crippen LogP) is 4.26. The van der Waals surface area contributed by atoms with Crippen molar-refractivity contribution in [3.8, 4) is 11.5 Å². The van der Waals surface area contributed by atoms with E-state index >= 15 is 0 Å². The quantitative estimate of drug-likeness (QED) is 0.692. The molecule has 140 valence electrons. The van der Waals surface area contributed by atoms with E-state index in [0.717, 1.165) is 5.56 Å². The minimum Gasteiger partial charge on any atom is -0.496 e. The Bertz CT molecular complexity index is 937. The van der Waals surface area contributed by atoms with Gasteiger partial charge < -0.3 is 14.6 Å². The summed E-state index contributed by atoms with van der Waals surface area (Å²) in [7, 11) is 1.50. The van der Waals surface area contributed by atoms with Crippen LogP contribution in [0.3, 0.4) is 0 Å². The molecule has 2 atom stereocenters. The highest BCUT2D eigenvalue weighted by Gasteiger charge is 2.27. The maximum absolute atomic E-state index is 13.4. The first-order valence-corrected chi connectivity index (χ1v) is 9.68. The van der Waals surface area contributed by atoms with Crippen LogP contribution in [0, 0.1) is 6.92 Å². The zero-order valence-electron chi connectivity index (χ0n) is 15.5. The highest BCUT2D eigenvalue weighted by molar-refractivity contribution is 7.85. The fourth-order valence-corrected chi connectivity index (χ4v) is 4.30. The first-order chi connectivity index (χ1) is 13.1. The fraction of sp³-hybridized carbons (Fsp3) is 0.182. The van der Waals surface area contributed by atoms with Crippen molar-refractivity contribution < 1.29 is 18.8 Å². The van der Waals surface area contributed by atoms with Crippen molar-refractivity contribution in [2.24, 2.45) is 0 Å². The molecule has 1 N–H and O–H groups in total. The molecule has 0 saturated carbocycles. The van der Waals surface area contributed by atoms with Crippen LogP contribution in [0.5, 0.6) is 11.5 Å². The van der Waals surface area contributed by atoms with Crippen molar-refractivity contribution >= 4 is 10.8 Å². The summed E-state index contributed by atoms with van der Waals surface area (Å²) in [6, 6.07) is 20.1. The molecule has 3 aromatic carbocycles. The van der Waals surface area contributed by atoms with Crippen molar-refractivity contribution in [1.82, 2.24) is 0 Å². The van der Waals surface area contributed by atoms with Crippen LogP contribution in [0.25, 0.3) is 0 Å². The lowest BCUT2D eigenvalue weighted by molar-refractivity contribution is 0.210. The Labute approximate surface area is 161 Å². The van der Waals surface area contributed by atoms with E-state index < -0.39 is 16.9 Å². The number of aryl methyl sites for hydroxylation is 1. The lowest BCUT2D eigenvalue weighted by Gasteiger charge is -2.21. The van der Waals surface area contributed by atoms with E-state index in [9.17, 15) is 9.32 Å². The van der Waals surface area contributed by atoms with Crippen LogP contribution >= 0.6 is 0 Å². The molecule has 0 bridgehead atoms. The topological polar surface area (TPSA) is 55.8 Å². The van der Waals surface area contributed by atoms with Crippen LogP contribution in [-0.2, 0) is 10.8 Å². The van der Waals surface area contributed by atoms with Gasteiger partial charge in [-0.15, -0.1) is 0 Å². The fourth-order valence-electron chi connectivity index (χ4n) is 2.93. The summed E-state index contributed by atoms with van der Waals surface area (Å²) in [6.45, 7) is 1.98. The summed E-state index contributed by atoms with van der Waals surface area (Å²) >= 11 is 0. The summed E-state index contributed by atoms with van der Waals surface area (Å²) in [6.07, 6.45) is -0.999. The van der Waals surface area contributed by atoms with Crippen LogP contribution in [0.15, 0.2) is 76.5 Å². The van der Waals surface area contributed by atoms with Crippen molar-refractivity contribution in [2.45, 2.75) is 22.8 Å². The van der Waals surface area contributed by atoms with Crippen LogP contribution in [0.4, 0.5) is 0 Å². The van der Waals surface area contributed by atoms with Gasteiger partial charge in [-0.3, -0.25) is 0 Å². The van der Waals surface area contributed by atoms with Gasteiger partial charge in [0.15, 0.2) is 0 Å². The first-order valence-electron chi connectivity index (χ1n) is 8.53. The molecule has 0 aliphatic heterocycles. The minimum absolute atomic E-state index is 0.414. The molecule has 3 aromatic rings. The molecule has 0 saturated heterocycles. The third-order valence-corrected chi connectivity index (χ3v) is 5.86. The number of rotatable bonds is 6. The molecular formula is C22H22O4S. The Morgan fingerprint density at radius 1 is 0.852 bits per heavy atom. The molecule has 27 heavy (non-hydrogen) atoms. The van der Waals surface area contributed by atoms with E-state index in [1.54, 1.807) is 12.1 Å². The molecule has 4 nitrogen and oxygen atoms in total. The molecule has 3 rings (SSSR count). The maximum Gasteiger partial charge on any atom is 0.136 e. The SMILES string of the molecule is COc1ccc(OC)c(S(=O)c2ccc(C)cc2)c1[C@H](O)c1ccccc1. The molecule has 0 aliphatic carbocycles. The molecule has 0 spiro atoms. The lowest BCUT2D eigenvalue weighted by atomic mass is 10.00. The Morgan fingerprint density at radius 2 is 1.44 bits per heavy atom. The van der Waals surface area contributed by atoms with Crippen molar-refractivity contribution in [3.63, 3.8) is 0 Å². The summed E-state index contributed by atoms with van der Waals surface area (Å²) in [5, 5.41) is 11.1. The van der Waals surface area contributed by atoms with Crippen LogP contribution in [0.2, 0.25) is 0 Å². The zero-order chi connectivity index (χ0) is 19.4. The number of hydrogen-bond acceptors (Lipinski definition) is 4. The van der Waals surface area contributed by atoms with E-state index in [4.69, 9.17) is 9.47 Å². The number of ether oxygens (including phenoxy) is 2. The van der Waals surface area contributed by atoms with E-state index in [2.05, 4.69) is 0 Å². The highest BCUT2D eigenvalue weighted by Crippen LogP contribution is 2.41. The molecule has 5 heteroatoms. The first kappa shape index (κ1) is 19.1. The van der Waals surface area contributed by atoms with Gasteiger partial charge in [0.25, 0.3) is 0 Å². The van der Waals surface area contributed by atoms with Gasteiger partial charge in [0, 0.05) is 10.5 Å². The molecule has 1 unspecified atom stereocenters. The third-order valence-electron chi connectivity index (χ3n) is 4.37. The van der Waals surface area contributed by atoms with E-state index in [1.165, 1.54) is 14.2 Å². The second-order valence-corrected chi connectivity index (χ2v) is 7.52. The summed E-state index contributed by atoms with van der Waals surface area (Å²) in [4.78, 5) is 1.05. The molecule has 0 radical (unpaired) electrons. The van der Waals surface area contributed by atoms with Gasteiger partial charge in [-0.2, -0.15) is 0 Å². The largest absolute Gasteiger partial charge is 0.496 e. The van der Waals surface area contributed by atoms with Gasteiger partial charge in [-0.1, -0.05) is 48.0 Å². The number of aliphatic hydroxyl groups excluding tert-OH is 1. The molecule has 0 fully saturated rings. The van der Waals surface area contributed by atoms with E-state index in [0.29, 0.717) is 32.4 Å². The molecular weight excluding hydrogens is 360 g/mol. The molecule has 0 aliphatic rings. The maximum atomic E-state index is 13.4. The number of methoxy groups -OCH3 is 2. The molecule has 0 heterocycles. The van der Waals surface area contributed by atoms with Gasteiger partial charge in [-0.25, -0.2) is 4.21 Å². The van der Waals surface area contributed by atoms with Gasteiger partial charge in [0.2, 0.25) is 0 Å². The zero-order valence-corrected chi connectivity index (χ0v) is 16.3. The second-order valence-electron chi connectivity index (χ2n) is 6.11. The highest BCUT2D eigenvalue weighted by atomic mass is 32.2. The van der Waals surface area contributed by atoms with Crippen molar-refractivity contribution in [3.05, 3.63) is 83.4 Å². The van der Waals surface area contributed by atoms with Gasteiger partial charge >= 0.3 is 0 Å². The summed E-state index contributed by atoms with van der Waals surface area (Å²) < 4.78 is 24.4. The van der Waals surface area contributed by atoms with Gasteiger partial charge in [-0.05, 0) is 36.8 Å². The molecule has 0 amide bonds. The Morgan fingerprint density at radius 3 is 2.04 bits per heavy atom. The summed E-state index contributed by atoms with van der Waals surface area (Å²) in [5.41, 5.74) is 2.21. The number of hydrogen-bond donors (Lipinski definition) is 1. The average Bonchev–Trinajstić information content (AvgIpc) is 2.72. The second kappa shape index (κ2) is 8.37. The van der Waals surface area contributed by atoms with E-state index in [-0.39, 0.29) is 0 Å². The van der Waals surface area contributed by atoms with Gasteiger partial charge in [0.1, 0.15) is 17.6 Å². The monoisotopic (exact) mass is 382 g/mol. The number of aliphatic hydroxyl groups is 1. The molecule has 0 aromatic heterocycles. The van der Waals surface area contributed by atoms with Crippen LogP contribution < -0.4 is 9.47 Å². The predicted molar refractivity (Wildman–Crippen MR) is 106 cm³/mol. The standard InChI is InChI=1S/C22H22O4S/c1-15-9-11-17(12-10-15)27(24)22-19(26-3)14-13-18(25-2)20(22)21(23)16-7-5-4-6-8-16/h4-14,21,23H,1-3H3/t21-,27?/m1/s1. The average molecular weight is 382 g/mol. The normalized spacial score (nSPS) is 13.0. The Kier molecular flexibility index (Phi) is 5.94. The van der Waals surface area contributed by atoms with Crippen LogP contribution in [-0.4, -0.2) is 23.5 Å². The minimum atomic E-state index is -1.55. The van der Waals surface area contributed by atoms with Gasteiger partial charge in [0.05, 0.1) is 29.9 Å². The van der Waals surface area contributed by atoms with Crippen LogP contribution in [0.1, 0.15) is 22.8 Å². The Hall–Kier alpha value is -2.63. The van der Waals surface area contributed by atoms with Crippen molar-refractivity contribution in [2.75, 3.05) is 14.2 Å². The summed E-state index contributed by atoms with van der Waals surface area (Å²) in [5.74, 6) is 0.905. The van der Waals surface area contributed by atoms with E-state index in [1.807, 2.05) is 61.5 Å². The number of benzene rings is 3.